The fraction of sp³-hybridized carbons (Fsp3) is 0.727. The molecule has 0 aliphatic carbocycles. The van der Waals surface area contributed by atoms with Gasteiger partial charge in [0.05, 0.1) is 5.51 Å². The summed E-state index contributed by atoms with van der Waals surface area (Å²) in [5.41, 5.74) is 8.18. The van der Waals surface area contributed by atoms with E-state index >= 15 is 0 Å². The zero-order valence-electron chi connectivity index (χ0n) is 9.97. The van der Waals surface area contributed by atoms with E-state index in [4.69, 9.17) is 5.73 Å². The minimum absolute atomic E-state index is 0.202. The van der Waals surface area contributed by atoms with Crippen molar-refractivity contribution < 1.29 is 0 Å². The van der Waals surface area contributed by atoms with Crippen molar-refractivity contribution in [1.29, 1.82) is 0 Å². The number of nitrogens with zero attached hydrogens (tertiary/aromatic N) is 3. The number of nitrogens with two attached hydrogens (primary N) is 1. The molecule has 1 fully saturated rings. The van der Waals surface area contributed by atoms with Crippen LogP contribution in [0.4, 0.5) is 0 Å². The molecule has 90 valence electrons. The molecule has 2 heterocycles. The highest BCUT2D eigenvalue weighted by Crippen LogP contribution is 2.14. The lowest BCUT2D eigenvalue weighted by atomic mass is 10.0. The van der Waals surface area contributed by atoms with Gasteiger partial charge in [0.25, 0.3) is 0 Å². The summed E-state index contributed by atoms with van der Waals surface area (Å²) in [4.78, 5) is 10.1. The Hall–Kier alpha value is -0.490. The van der Waals surface area contributed by atoms with E-state index in [2.05, 4.69) is 28.9 Å². The molecule has 5 heteroatoms. The van der Waals surface area contributed by atoms with Crippen molar-refractivity contribution in [2.75, 3.05) is 33.7 Å². The second-order valence-corrected chi connectivity index (χ2v) is 5.62. The van der Waals surface area contributed by atoms with Crippen LogP contribution in [0.25, 0.3) is 0 Å². The van der Waals surface area contributed by atoms with Crippen molar-refractivity contribution in [3.8, 4) is 0 Å². The lowest BCUT2D eigenvalue weighted by Crippen LogP contribution is -2.58. The second kappa shape index (κ2) is 5.23. The fourth-order valence-corrected chi connectivity index (χ4v) is 2.89. The monoisotopic (exact) mass is 240 g/mol. The van der Waals surface area contributed by atoms with Crippen LogP contribution in [0.3, 0.4) is 0 Å². The molecule has 1 saturated heterocycles. The summed E-state index contributed by atoms with van der Waals surface area (Å²) in [5, 5.41) is 0. The van der Waals surface area contributed by atoms with Gasteiger partial charge in [0, 0.05) is 49.2 Å². The van der Waals surface area contributed by atoms with E-state index in [-0.39, 0.29) is 6.04 Å². The van der Waals surface area contributed by atoms with Gasteiger partial charge in [-0.3, -0.25) is 9.88 Å². The van der Waals surface area contributed by atoms with Crippen molar-refractivity contribution in [3.63, 3.8) is 0 Å². The van der Waals surface area contributed by atoms with Gasteiger partial charge in [-0.1, -0.05) is 0 Å². The van der Waals surface area contributed by atoms with E-state index in [1.54, 1.807) is 11.3 Å². The Kier molecular flexibility index (Phi) is 3.91. The number of likely N-dealkylation sites (N-methyl/N-ethyl adjacent to an activating group) is 2. The third-order valence-corrected chi connectivity index (χ3v) is 4.12. The van der Waals surface area contributed by atoms with Gasteiger partial charge in [0.1, 0.15) is 0 Å². The number of rotatable bonds is 3. The normalized spacial score (nSPS) is 25.8. The molecule has 0 amide bonds. The molecular formula is C11H20N4S. The first kappa shape index (κ1) is 12.0. The Bertz CT molecular complexity index is 314. The molecule has 1 aromatic heterocycles. The van der Waals surface area contributed by atoms with Gasteiger partial charge in [0.2, 0.25) is 0 Å². The highest BCUT2D eigenvalue weighted by atomic mass is 32.1. The smallest absolute Gasteiger partial charge is 0.0794 e. The SMILES string of the molecule is CN1CCN(C)C(C(N)Cc2cncs2)C1. The zero-order chi connectivity index (χ0) is 11.5. The summed E-state index contributed by atoms with van der Waals surface area (Å²) in [6.07, 6.45) is 2.87. The molecule has 1 aliphatic heterocycles. The lowest BCUT2D eigenvalue weighted by molar-refractivity contribution is 0.0975. The van der Waals surface area contributed by atoms with Crippen LogP contribution in [0.1, 0.15) is 4.88 Å². The molecule has 16 heavy (non-hydrogen) atoms. The van der Waals surface area contributed by atoms with E-state index in [1.807, 2.05) is 11.7 Å². The van der Waals surface area contributed by atoms with E-state index in [1.165, 1.54) is 4.88 Å². The second-order valence-electron chi connectivity index (χ2n) is 4.65. The summed E-state index contributed by atoms with van der Waals surface area (Å²) >= 11 is 1.69. The number of aromatic nitrogens is 1. The van der Waals surface area contributed by atoms with Crippen LogP contribution in [0.2, 0.25) is 0 Å². The van der Waals surface area contributed by atoms with Crippen LogP contribution in [0.15, 0.2) is 11.7 Å². The first-order chi connectivity index (χ1) is 7.66. The Morgan fingerprint density at radius 3 is 3.06 bits per heavy atom. The molecule has 2 rings (SSSR count). The largest absolute Gasteiger partial charge is 0.326 e. The van der Waals surface area contributed by atoms with Gasteiger partial charge in [0.15, 0.2) is 0 Å². The lowest BCUT2D eigenvalue weighted by Gasteiger charge is -2.40. The molecule has 0 radical (unpaired) electrons. The van der Waals surface area contributed by atoms with Crippen molar-refractivity contribution >= 4 is 11.3 Å². The Morgan fingerprint density at radius 1 is 1.56 bits per heavy atom. The van der Waals surface area contributed by atoms with Gasteiger partial charge < -0.3 is 10.6 Å². The predicted molar refractivity (Wildman–Crippen MR) is 67.7 cm³/mol. The molecular weight excluding hydrogens is 220 g/mol. The number of hydrogen-bond donors (Lipinski definition) is 1. The molecule has 4 nitrogen and oxygen atoms in total. The van der Waals surface area contributed by atoms with E-state index in [0.29, 0.717) is 6.04 Å². The minimum Gasteiger partial charge on any atom is -0.326 e. The van der Waals surface area contributed by atoms with Gasteiger partial charge in [-0.15, -0.1) is 11.3 Å². The fourth-order valence-electron chi connectivity index (χ4n) is 2.22. The van der Waals surface area contributed by atoms with Crippen LogP contribution in [-0.4, -0.2) is 60.6 Å². The van der Waals surface area contributed by atoms with E-state index in [0.717, 1.165) is 26.1 Å². The molecule has 2 N–H and O–H groups in total. The van der Waals surface area contributed by atoms with Crippen LogP contribution in [-0.2, 0) is 6.42 Å². The summed E-state index contributed by atoms with van der Waals surface area (Å²) in [6, 6.07) is 0.661. The van der Waals surface area contributed by atoms with Crippen molar-refractivity contribution in [3.05, 3.63) is 16.6 Å². The Labute approximate surface area is 101 Å². The molecule has 0 spiro atoms. The summed E-state index contributed by atoms with van der Waals surface area (Å²) in [6.45, 7) is 3.31. The molecule has 2 atom stereocenters. The zero-order valence-corrected chi connectivity index (χ0v) is 10.8. The Morgan fingerprint density at radius 2 is 2.38 bits per heavy atom. The molecule has 1 aliphatic rings. The highest BCUT2D eigenvalue weighted by Gasteiger charge is 2.27. The highest BCUT2D eigenvalue weighted by molar-refractivity contribution is 7.09. The van der Waals surface area contributed by atoms with Crippen LogP contribution < -0.4 is 5.73 Å². The third-order valence-electron chi connectivity index (χ3n) is 3.31. The standard InChI is InChI=1S/C11H20N4S/c1-14-3-4-15(2)11(7-14)10(12)5-9-6-13-8-16-9/h6,8,10-11H,3-5,7,12H2,1-2H3. The maximum atomic E-state index is 6.30. The molecule has 1 aromatic rings. The molecule has 0 bridgehead atoms. The average molecular weight is 240 g/mol. The van der Waals surface area contributed by atoms with Crippen LogP contribution in [0.5, 0.6) is 0 Å². The first-order valence-electron chi connectivity index (χ1n) is 5.68. The molecule has 2 unspecified atom stereocenters. The van der Waals surface area contributed by atoms with Gasteiger partial charge in [-0.25, -0.2) is 0 Å². The van der Waals surface area contributed by atoms with Gasteiger partial charge >= 0.3 is 0 Å². The maximum Gasteiger partial charge on any atom is 0.0794 e. The number of thiazole rings is 1. The number of piperazine rings is 1. The van der Waals surface area contributed by atoms with Crippen LogP contribution >= 0.6 is 11.3 Å². The summed E-state index contributed by atoms with van der Waals surface area (Å²) in [5.74, 6) is 0. The molecule has 0 saturated carbocycles. The van der Waals surface area contributed by atoms with Crippen LogP contribution in [0, 0.1) is 0 Å². The van der Waals surface area contributed by atoms with Gasteiger partial charge in [-0.2, -0.15) is 0 Å². The molecule has 0 aromatic carbocycles. The van der Waals surface area contributed by atoms with Crippen molar-refractivity contribution in [1.82, 2.24) is 14.8 Å². The summed E-state index contributed by atoms with van der Waals surface area (Å²) in [7, 11) is 4.34. The quantitative estimate of drug-likeness (QED) is 0.823. The van der Waals surface area contributed by atoms with Crippen molar-refractivity contribution in [2.45, 2.75) is 18.5 Å². The maximum absolute atomic E-state index is 6.30. The van der Waals surface area contributed by atoms with E-state index < -0.39 is 0 Å². The van der Waals surface area contributed by atoms with E-state index in [9.17, 15) is 0 Å². The topological polar surface area (TPSA) is 45.4 Å². The Balaban J connectivity index is 1.94. The predicted octanol–water partition coefficient (Wildman–Crippen LogP) is 0.259. The summed E-state index contributed by atoms with van der Waals surface area (Å²) < 4.78 is 0. The minimum atomic E-state index is 0.202. The number of hydrogen-bond acceptors (Lipinski definition) is 5. The first-order valence-corrected chi connectivity index (χ1v) is 6.56. The third kappa shape index (κ3) is 2.79. The van der Waals surface area contributed by atoms with Gasteiger partial charge in [-0.05, 0) is 14.1 Å². The van der Waals surface area contributed by atoms with Crippen molar-refractivity contribution in [2.24, 2.45) is 5.73 Å². The average Bonchev–Trinajstić information content (AvgIpc) is 2.74.